The number of rotatable bonds is 10. The number of nitro groups is 1. The Balaban J connectivity index is 2.05. The van der Waals surface area contributed by atoms with E-state index in [0.29, 0.717) is 22.2 Å². The van der Waals surface area contributed by atoms with Crippen LogP contribution in [0.5, 0.6) is 0 Å². The van der Waals surface area contributed by atoms with Crippen LogP contribution in [0.2, 0.25) is 10.0 Å². The minimum absolute atomic E-state index is 0.0351. The highest BCUT2D eigenvalue weighted by Crippen LogP contribution is 2.28. The van der Waals surface area contributed by atoms with Crippen molar-refractivity contribution in [3.8, 4) is 0 Å². The van der Waals surface area contributed by atoms with Crippen molar-refractivity contribution >= 4 is 40.7 Å². The van der Waals surface area contributed by atoms with Crippen LogP contribution in [0.15, 0.2) is 72.8 Å². The number of hydrogen-bond donors (Lipinski definition) is 1. The monoisotopic (exact) mass is 513 g/mol. The van der Waals surface area contributed by atoms with E-state index in [4.69, 9.17) is 23.2 Å². The number of halogens is 2. The molecule has 0 bridgehead atoms. The van der Waals surface area contributed by atoms with Gasteiger partial charge in [0.05, 0.1) is 11.3 Å². The lowest BCUT2D eigenvalue weighted by atomic mass is 10.0. The number of nitro benzene ring substituents is 1. The summed E-state index contributed by atoms with van der Waals surface area (Å²) in [5.41, 5.74) is 1.45. The van der Waals surface area contributed by atoms with Crippen molar-refractivity contribution in [1.29, 1.82) is 0 Å². The molecule has 3 aromatic rings. The van der Waals surface area contributed by atoms with Crippen molar-refractivity contribution in [3.05, 3.63) is 110 Å². The standard InChI is InChI=1S/C26H25Cl2N3O4/c1-2-29-26(33)24(15-18-9-4-3-5-10-18)30(17-20-21(27)12-8-13-22(20)28)25(32)16-19-11-6-7-14-23(19)31(34)35/h3-14,24H,2,15-17H2,1H3,(H,29,33). The van der Waals surface area contributed by atoms with Crippen LogP contribution in [-0.4, -0.2) is 34.2 Å². The molecule has 9 heteroatoms. The van der Waals surface area contributed by atoms with E-state index < -0.39 is 16.9 Å². The predicted octanol–water partition coefficient (Wildman–Crippen LogP) is 5.22. The highest BCUT2D eigenvalue weighted by molar-refractivity contribution is 6.36. The summed E-state index contributed by atoms with van der Waals surface area (Å²) in [7, 11) is 0. The molecule has 3 rings (SSSR count). The Bertz CT molecular complexity index is 1180. The van der Waals surface area contributed by atoms with Crippen LogP contribution >= 0.6 is 23.2 Å². The Labute approximate surface area is 213 Å². The van der Waals surface area contributed by atoms with Crippen molar-refractivity contribution in [2.24, 2.45) is 0 Å². The van der Waals surface area contributed by atoms with Crippen molar-refractivity contribution in [2.75, 3.05) is 6.54 Å². The van der Waals surface area contributed by atoms with Gasteiger partial charge >= 0.3 is 0 Å². The number of nitrogens with one attached hydrogen (secondary N) is 1. The molecule has 0 aromatic heterocycles. The Morgan fingerprint density at radius 3 is 2.23 bits per heavy atom. The van der Waals surface area contributed by atoms with Gasteiger partial charge in [-0.2, -0.15) is 0 Å². The van der Waals surface area contributed by atoms with Crippen molar-refractivity contribution in [1.82, 2.24) is 10.2 Å². The van der Waals surface area contributed by atoms with Crippen LogP contribution in [0.25, 0.3) is 0 Å². The summed E-state index contributed by atoms with van der Waals surface area (Å²) in [4.78, 5) is 39.3. The van der Waals surface area contributed by atoms with E-state index in [-0.39, 0.29) is 36.5 Å². The van der Waals surface area contributed by atoms with Gasteiger partial charge in [-0.3, -0.25) is 19.7 Å². The maximum Gasteiger partial charge on any atom is 0.273 e. The number of amides is 2. The Kier molecular flexibility index (Phi) is 9.23. The molecule has 0 aliphatic rings. The maximum absolute atomic E-state index is 13.7. The molecule has 0 saturated heterocycles. The second kappa shape index (κ2) is 12.3. The first kappa shape index (κ1) is 26.2. The minimum atomic E-state index is -0.889. The summed E-state index contributed by atoms with van der Waals surface area (Å²) >= 11 is 12.8. The molecule has 0 heterocycles. The normalized spacial score (nSPS) is 11.5. The van der Waals surface area contributed by atoms with E-state index in [2.05, 4.69) is 5.32 Å². The van der Waals surface area contributed by atoms with Gasteiger partial charge in [-0.05, 0) is 24.6 Å². The van der Waals surface area contributed by atoms with Gasteiger partial charge in [0.15, 0.2) is 0 Å². The molecular weight excluding hydrogens is 489 g/mol. The Hall–Kier alpha value is -3.42. The number of nitrogens with zero attached hydrogens (tertiary/aromatic N) is 2. The molecule has 1 unspecified atom stereocenters. The summed E-state index contributed by atoms with van der Waals surface area (Å²) in [5, 5.41) is 15.0. The second-order valence-corrected chi connectivity index (χ2v) is 8.70. The van der Waals surface area contributed by atoms with Gasteiger partial charge in [0.1, 0.15) is 6.04 Å². The maximum atomic E-state index is 13.7. The summed E-state index contributed by atoms with van der Waals surface area (Å²) in [5.74, 6) is -0.794. The molecule has 35 heavy (non-hydrogen) atoms. The van der Waals surface area contributed by atoms with Gasteiger partial charge in [-0.1, -0.05) is 77.8 Å². The van der Waals surface area contributed by atoms with Crippen LogP contribution in [0, 0.1) is 10.1 Å². The molecule has 7 nitrogen and oxygen atoms in total. The fraction of sp³-hybridized carbons (Fsp3) is 0.231. The first-order valence-corrected chi connectivity index (χ1v) is 11.8. The zero-order valence-electron chi connectivity index (χ0n) is 19.1. The van der Waals surface area contributed by atoms with Crippen LogP contribution in [-0.2, 0) is 29.0 Å². The summed E-state index contributed by atoms with van der Waals surface area (Å²) < 4.78 is 0. The van der Waals surface area contributed by atoms with E-state index in [0.717, 1.165) is 5.56 Å². The van der Waals surface area contributed by atoms with E-state index in [1.807, 2.05) is 30.3 Å². The first-order chi connectivity index (χ1) is 16.8. The second-order valence-electron chi connectivity index (χ2n) is 7.88. The number of hydrogen-bond acceptors (Lipinski definition) is 4. The lowest BCUT2D eigenvalue weighted by Gasteiger charge is -2.32. The fourth-order valence-corrected chi connectivity index (χ4v) is 4.32. The average Bonchev–Trinajstić information content (AvgIpc) is 2.83. The zero-order chi connectivity index (χ0) is 25.4. The third kappa shape index (κ3) is 6.81. The highest BCUT2D eigenvalue weighted by atomic mass is 35.5. The Morgan fingerprint density at radius 2 is 1.60 bits per heavy atom. The molecule has 0 saturated carbocycles. The molecule has 2 amide bonds. The molecule has 0 aliphatic heterocycles. The molecule has 0 fully saturated rings. The van der Waals surface area contributed by atoms with E-state index >= 15 is 0 Å². The molecule has 0 aliphatic carbocycles. The van der Waals surface area contributed by atoms with Gasteiger partial charge < -0.3 is 10.2 Å². The van der Waals surface area contributed by atoms with E-state index in [1.54, 1.807) is 37.3 Å². The van der Waals surface area contributed by atoms with Gasteiger partial charge in [-0.15, -0.1) is 0 Å². The van der Waals surface area contributed by atoms with Gasteiger partial charge in [0.25, 0.3) is 5.69 Å². The third-order valence-electron chi connectivity index (χ3n) is 5.54. The molecule has 182 valence electrons. The number of likely N-dealkylation sites (N-methyl/N-ethyl adjacent to an activating group) is 1. The van der Waals surface area contributed by atoms with Crippen LogP contribution < -0.4 is 5.32 Å². The first-order valence-electron chi connectivity index (χ1n) is 11.1. The smallest absolute Gasteiger partial charge is 0.273 e. The van der Waals surface area contributed by atoms with Crippen LogP contribution in [0.1, 0.15) is 23.6 Å². The number of para-hydroxylation sites is 1. The summed E-state index contributed by atoms with van der Waals surface area (Å²) in [6.07, 6.45) is -0.0126. The number of carbonyl (C=O) groups excluding carboxylic acids is 2. The third-order valence-corrected chi connectivity index (χ3v) is 6.25. The highest BCUT2D eigenvalue weighted by Gasteiger charge is 2.32. The minimum Gasteiger partial charge on any atom is -0.355 e. The van der Waals surface area contributed by atoms with Crippen LogP contribution in [0.4, 0.5) is 5.69 Å². The predicted molar refractivity (Wildman–Crippen MR) is 136 cm³/mol. The topological polar surface area (TPSA) is 92.6 Å². The molecule has 1 atom stereocenters. The van der Waals surface area contributed by atoms with Crippen molar-refractivity contribution < 1.29 is 14.5 Å². The number of benzene rings is 3. The SMILES string of the molecule is CCNC(=O)C(Cc1ccccc1)N(Cc1c(Cl)cccc1Cl)C(=O)Cc1ccccc1[N+](=O)[O-]. The molecule has 1 N–H and O–H groups in total. The molecular formula is C26H25Cl2N3O4. The zero-order valence-corrected chi connectivity index (χ0v) is 20.6. The lowest BCUT2D eigenvalue weighted by Crippen LogP contribution is -2.51. The average molecular weight is 514 g/mol. The van der Waals surface area contributed by atoms with Gasteiger partial charge in [0.2, 0.25) is 11.8 Å². The fourth-order valence-electron chi connectivity index (χ4n) is 3.80. The largest absolute Gasteiger partial charge is 0.355 e. The van der Waals surface area contributed by atoms with Crippen molar-refractivity contribution in [3.63, 3.8) is 0 Å². The van der Waals surface area contributed by atoms with E-state index in [9.17, 15) is 19.7 Å². The Morgan fingerprint density at radius 1 is 0.971 bits per heavy atom. The summed E-state index contributed by atoms with van der Waals surface area (Å²) in [6.45, 7) is 2.14. The molecule has 3 aromatic carbocycles. The molecule has 0 spiro atoms. The van der Waals surface area contributed by atoms with Crippen molar-refractivity contribution in [2.45, 2.75) is 32.4 Å². The van der Waals surface area contributed by atoms with Gasteiger partial charge in [-0.25, -0.2) is 0 Å². The molecule has 0 radical (unpaired) electrons. The lowest BCUT2D eigenvalue weighted by molar-refractivity contribution is -0.385. The van der Waals surface area contributed by atoms with Gasteiger partial charge in [0, 0.05) is 46.7 Å². The van der Waals surface area contributed by atoms with Crippen LogP contribution in [0.3, 0.4) is 0 Å². The van der Waals surface area contributed by atoms with E-state index in [1.165, 1.54) is 17.0 Å². The number of carbonyl (C=O) groups is 2. The quantitative estimate of drug-likeness (QED) is 0.297. The summed E-state index contributed by atoms with van der Waals surface area (Å²) in [6, 6.07) is 19.5.